The molecule has 0 aliphatic heterocycles. The molecule has 1 fully saturated rings. The van der Waals surface area contributed by atoms with Crippen molar-refractivity contribution < 1.29 is 18.3 Å². The van der Waals surface area contributed by atoms with Crippen LogP contribution < -0.4 is 15.4 Å². The number of imidazole rings is 1. The van der Waals surface area contributed by atoms with Crippen molar-refractivity contribution in [3.05, 3.63) is 59.9 Å². The van der Waals surface area contributed by atoms with E-state index in [0.29, 0.717) is 17.0 Å². The van der Waals surface area contributed by atoms with Gasteiger partial charge in [-0.15, -0.1) is 0 Å². The fourth-order valence-electron chi connectivity index (χ4n) is 3.88. The predicted molar refractivity (Wildman–Crippen MR) is 110 cm³/mol. The Hall–Kier alpha value is -3.16. The Balaban J connectivity index is 1.35. The molecule has 0 saturated heterocycles. The normalized spacial score (nSPS) is 19.1. The molecule has 1 aliphatic carbocycles. The number of aromatic nitrogens is 2. The molecule has 1 amide bonds. The number of nitrogens with zero attached hydrogens (tertiary/aromatic N) is 2. The fourth-order valence-corrected chi connectivity index (χ4v) is 3.88. The molecule has 6 nitrogen and oxygen atoms in total. The number of amides is 1. The highest BCUT2D eigenvalue weighted by Crippen LogP contribution is 2.25. The minimum absolute atomic E-state index is 0.104. The smallest absolute Gasteiger partial charge is 0.281 e. The first-order valence-electron chi connectivity index (χ1n) is 10.0. The van der Waals surface area contributed by atoms with E-state index in [1.165, 1.54) is 6.20 Å². The summed E-state index contributed by atoms with van der Waals surface area (Å²) in [5.74, 6) is 1.29. The molecule has 1 aromatic carbocycles. The maximum absolute atomic E-state index is 13.0. The summed E-state index contributed by atoms with van der Waals surface area (Å²) in [6, 6.07) is 12.8. The second-order valence-electron chi connectivity index (χ2n) is 7.50. The Morgan fingerprint density at radius 1 is 1.13 bits per heavy atom. The molecule has 0 spiro atoms. The van der Waals surface area contributed by atoms with Gasteiger partial charge in [0, 0.05) is 23.8 Å². The molecule has 1 saturated carbocycles. The van der Waals surface area contributed by atoms with Gasteiger partial charge in [-0.05, 0) is 56.0 Å². The van der Waals surface area contributed by atoms with E-state index in [4.69, 9.17) is 4.74 Å². The molecule has 3 aromatic rings. The van der Waals surface area contributed by atoms with E-state index in [2.05, 4.69) is 15.6 Å². The van der Waals surface area contributed by atoms with Gasteiger partial charge >= 0.3 is 0 Å². The summed E-state index contributed by atoms with van der Waals surface area (Å²) < 4.78 is 32.8. The van der Waals surface area contributed by atoms with E-state index < -0.39 is 6.43 Å². The van der Waals surface area contributed by atoms with Crippen LogP contribution in [0.2, 0.25) is 0 Å². The lowest BCUT2D eigenvalue weighted by Crippen LogP contribution is -2.40. The quantitative estimate of drug-likeness (QED) is 0.626. The number of carbonyl (C=O) groups is 1. The van der Waals surface area contributed by atoms with Gasteiger partial charge in [0.1, 0.15) is 22.9 Å². The topological polar surface area (TPSA) is 67.7 Å². The standard InChI is InChI=1S/C22H24F2N4O2/c1-30-17-5-2-4-14(12-17)22(29)26-16-10-8-15(9-11-16)25-19-6-3-7-20-27-18(21(23)24)13-28(19)20/h2-7,12-13,15-16,21,25H,8-11H2,1H3,(H,26,29)/t15-,16+. The summed E-state index contributed by atoms with van der Waals surface area (Å²) in [5, 5.41) is 6.54. The van der Waals surface area contributed by atoms with Crippen molar-refractivity contribution in [2.45, 2.75) is 44.2 Å². The van der Waals surface area contributed by atoms with E-state index in [1.54, 1.807) is 47.9 Å². The van der Waals surface area contributed by atoms with Crippen LogP contribution in [0.5, 0.6) is 5.75 Å². The molecular formula is C22H24F2N4O2. The van der Waals surface area contributed by atoms with Crippen LogP contribution in [-0.2, 0) is 0 Å². The monoisotopic (exact) mass is 414 g/mol. The van der Waals surface area contributed by atoms with Crippen LogP contribution in [0, 0.1) is 0 Å². The Kier molecular flexibility index (Phi) is 5.83. The highest BCUT2D eigenvalue weighted by atomic mass is 19.3. The number of methoxy groups -OCH3 is 1. The van der Waals surface area contributed by atoms with Crippen molar-refractivity contribution in [2.24, 2.45) is 0 Å². The maximum Gasteiger partial charge on any atom is 0.281 e. The van der Waals surface area contributed by atoms with E-state index >= 15 is 0 Å². The first-order chi connectivity index (χ1) is 14.5. The molecule has 158 valence electrons. The van der Waals surface area contributed by atoms with Crippen LogP contribution in [0.4, 0.5) is 14.6 Å². The lowest BCUT2D eigenvalue weighted by molar-refractivity contribution is 0.0926. The molecule has 8 heteroatoms. The Morgan fingerprint density at radius 2 is 1.87 bits per heavy atom. The maximum atomic E-state index is 13.0. The number of rotatable bonds is 6. The first-order valence-corrected chi connectivity index (χ1v) is 10.0. The van der Waals surface area contributed by atoms with Crippen molar-refractivity contribution in [3.8, 4) is 5.75 Å². The SMILES string of the molecule is COc1cccc(C(=O)N[C@H]2CC[C@@H](Nc3cccc4nc(C(F)F)cn34)CC2)c1. The zero-order valence-corrected chi connectivity index (χ0v) is 16.6. The molecule has 2 N–H and O–H groups in total. The molecule has 0 radical (unpaired) electrons. The van der Waals surface area contributed by atoms with E-state index in [0.717, 1.165) is 31.5 Å². The Bertz CT molecular complexity index is 1030. The molecule has 1 aliphatic rings. The average Bonchev–Trinajstić information content (AvgIpc) is 3.21. The summed E-state index contributed by atoms with van der Waals surface area (Å²) in [4.78, 5) is 16.5. The minimum Gasteiger partial charge on any atom is -0.497 e. The summed E-state index contributed by atoms with van der Waals surface area (Å²) in [5.41, 5.74) is 0.846. The van der Waals surface area contributed by atoms with Gasteiger partial charge in [-0.2, -0.15) is 0 Å². The summed E-state index contributed by atoms with van der Waals surface area (Å²) in [6.45, 7) is 0. The number of carbonyl (C=O) groups excluding carboxylic acids is 1. The van der Waals surface area contributed by atoms with Crippen molar-refractivity contribution in [1.29, 1.82) is 0 Å². The Morgan fingerprint density at radius 3 is 2.60 bits per heavy atom. The van der Waals surface area contributed by atoms with Crippen LogP contribution >= 0.6 is 0 Å². The van der Waals surface area contributed by atoms with Crippen molar-refractivity contribution in [1.82, 2.24) is 14.7 Å². The predicted octanol–water partition coefficient (Wildman–Crippen LogP) is 4.43. The zero-order valence-electron chi connectivity index (χ0n) is 16.6. The third-order valence-corrected chi connectivity index (χ3v) is 5.48. The molecule has 2 aromatic heterocycles. The highest BCUT2D eigenvalue weighted by molar-refractivity contribution is 5.94. The molecule has 0 unspecified atom stereocenters. The summed E-state index contributed by atoms with van der Waals surface area (Å²) >= 11 is 0. The largest absolute Gasteiger partial charge is 0.497 e. The van der Waals surface area contributed by atoms with E-state index in [9.17, 15) is 13.6 Å². The van der Waals surface area contributed by atoms with Gasteiger partial charge in [0.2, 0.25) is 0 Å². The van der Waals surface area contributed by atoms with Crippen LogP contribution in [0.15, 0.2) is 48.7 Å². The van der Waals surface area contributed by atoms with Crippen LogP contribution in [0.1, 0.15) is 48.2 Å². The zero-order chi connectivity index (χ0) is 21.1. The van der Waals surface area contributed by atoms with Crippen LogP contribution in [-0.4, -0.2) is 34.5 Å². The number of benzene rings is 1. The number of hydrogen-bond donors (Lipinski definition) is 2. The molecule has 2 heterocycles. The lowest BCUT2D eigenvalue weighted by atomic mass is 9.91. The van der Waals surface area contributed by atoms with Gasteiger partial charge in [-0.25, -0.2) is 13.8 Å². The number of alkyl halides is 2. The van der Waals surface area contributed by atoms with E-state index in [1.807, 2.05) is 6.07 Å². The third-order valence-electron chi connectivity index (χ3n) is 5.48. The van der Waals surface area contributed by atoms with Crippen molar-refractivity contribution >= 4 is 17.4 Å². The minimum atomic E-state index is -2.60. The molecule has 4 rings (SSSR count). The number of nitrogens with one attached hydrogen (secondary N) is 2. The van der Waals surface area contributed by atoms with Gasteiger partial charge in [0.25, 0.3) is 12.3 Å². The third kappa shape index (κ3) is 4.37. The van der Waals surface area contributed by atoms with Gasteiger partial charge in [0.15, 0.2) is 0 Å². The second kappa shape index (κ2) is 8.69. The van der Waals surface area contributed by atoms with Crippen LogP contribution in [0.25, 0.3) is 5.65 Å². The molecule has 0 atom stereocenters. The number of fused-ring (bicyclic) bond motifs is 1. The molecule has 0 bridgehead atoms. The summed E-state index contributed by atoms with van der Waals surface area (Å²) in [6.07, 6.45) is 2.21. The van der Waals surface area contributed by atoms with Gasteiger partial charge in [-0.1, -0.05) is 12.1 Å². The average molecular weight is 414 g/mol. The summed E-state index contributed by atoms with van der Waals surface area (Å²) in [7, 11) is 1.57. The Labute approximate surface area is 173 Å². The first kappa shape index (κ1) is 20.1. The molecular weight excluding hydrogens is 390 g/mol. The fraction of sp³-hybridized carbons (Fsp3) is 0.364. The number of anilines is 1. The van der Waals surface area contributed by atoms with Gasteiger partial charge in [0.05, 0.1) is 7.11 Å². The number of pyridine rings is 1. The van der Waals surface area contributed by atoms with E-state index in [-0.39, 0.29) is 23.7 Å². The van der Waals surface area contributed by atoms with Crippen molar-refractivity contribution in [3.63, 3.8) is 0 Å². The number of hydrogen-bond acceptors (Lipinski definition) is 4. The number of ether oxygens (including phenoxy) is 1. The number of halogens is 2. The highest BCUT2D eigenvalue weighted by Gasteiger charge is 2.23. The van der Waals surface area contributed by atoms with Gasteiger partial charge < -0.3 is 15.4 Å². The van der Waals surface area contributed by atoms with Gasteiger partial charge in [-0.3, -0.25) is 9.20 Å². The molecule has 30 heavy (non-hydrogen) atoms. The van der Waals surface area contributed by atoms with Crippen molar-refractivity contribution in [2.75, 3.05) is 12.4 Å². The lowest BCUT2D eigenvalue weighted by Gasteiger charge is -2.30. The second-order valence-corrected chi connectivity index (χ2v) is 7.50. The van der Waals surface area contributed by atoms with Crippen LogP contribution in [0.3, 0.4) is 0 Å².